The summed E-state index contributed by atoms with van der Waals surface area (Å²) in [5.41, 5.74) is 1.39. The minimum Gasteiger partial charge on any atom is -0.478 e. The number of carboxylic acid groups (broad SMARTS) is 1. The van der Waals surface area contributed by atoms with E-state index >= 15 is 0 Å². The van der Waals surface area contributed by atoms with E-state index in [1.165, 1.54) is 38.5 Å². The second-order valence-corrected chi connectivity index (χ2v) is 5.14. The van der Waals surface area contributed by atoms with E-state index in [1.807, 2.05) is 6.07 Å². The van der Waals surface area contributed by atoms with Gasteiger partial charge in [0.2, 0.25) is 0 Å². The fraction of sp³-hybridized carbons (Fsp3) is 0.500. The second kappa shape index (κ2) is 5.54. The number of hydrogen-bond donors (Lipinski definition) is 1. The summed E-state index contributed by atoms with van der Waals surface area (Å²) >= 11 is 6.20. The molecule has 0 unspecified atom stereocenters. The first kappa shape index (κ1) is 12.4. The van der Waals surface area contributed by atoms with E-state index in [9.17, 15) is 4.79 Å². The predicted molar refractivity (Wildman–Crippen MR) is 68.9 cm³/mol. The summed E-state index contributed by atoms with van der Waals surface area (Å²) in [4.78, 5) is 10.8. The maximum Gasteiger partial charge on any atom is 0.335 e. The molecule has 0 aliphatic heterocycles. The summed E-state index contributed by atoms with van der Waals surface area (Å²) in [7, 11) is 0. The van der Waals surface area contributed by atoms with Gasteiger partial charge >= 0.3 is 5.97 Å². The van der Waals surface area contributed by atoms with Gasteiger partial charge < -0.3 is 5.11 Å². The van der Waals surface area contributed by atoms with Crippen molar-refractivity contribution < 1.29 is 9.90 Å². The number of rotatable bonds is 2. The average Bonchev–Trinajstić information content (AvgIpc) is 2.57. The molecule has 0 heterocycles. The van der Waals surface area contributed by atoms with Crippen LogP contribution in [0, 0.1) is 0 Å². The average molecular weight is 253 g/mol. The maximum absolute atomic E-state index is 10.8. The van der Waals surface area contributed by atoms with Crippen LogP contribution in [0.3, 0.4) is 0 Å². The summed E-state index contributed by atoms with van der Waals surface area (Å²) in [6.45, 7) is 0. The molecule has 1 N–H and O–H groups in total. The van der Waals surface area contributed by atoms with Crippen molar-refractivity contribution in [2.75, 3.05) is 0 Å². The highest BCUT2D eigenvalue weighted by Crippen LogP contribution is 2.35. The quantitative estimate of drug-likeness (QED) is 0.788. The highest BCUT2D eigenvalue weighted by Gasteiger charge is 2.17. The number of benzene rings is 1. The van der Waals surface area contributed by atoms with Gasteiger partial charge in [-0.05, 0) is 36.5 Å². The molecule has 0 spiro atoms. The molecule has 92 valence electrons. The number of aromatic carboxylic acids is 1. The van der Waals surface area contributed by atoms with Crippen molar-refractivity contribution in [1.29, 1.82) is 0 Å². The summed E-state index contributed by atoms with van der Waals surface area (Å²) in [5.74, 6) is -0.410. The Morgan fingerprint density at radius 3 is 2.35 bits per heavy atom. The third kappa shape index (κ3) is 3.01. The van der Waals surface area contributed by atoms with E-state index in [2.05, 4.69) is 0 Å². The van der Waals surface area contributed by atoms with Crippen LogP contribution in [0.2, 0.25) is 5.02 Å². The zero-order chi connectivity index (χ0) is 12.3. The summed E-state index contributed by atoms with van der Waals surface area (Å²) in [6.07, 6.45) is 7.46. The first-order valence-electron chi connectivity index (χ1n) is 6.21. The van der Waals surface area contributed by atoms with Gasteiger partial charge in [-0.3, -0.25) is 0 Å². The number of hydrogen-bond acceptors (Lipinski definition) is 1. The minimum absolute atomic E-state index is 0.271. The van der Waals surface area contributed by atoms with Gasteiger partial charge in [-0.15, -0.1) is 0 Å². The Labute approximate surface area is 107 Å². The maximum atomic E-state index is 10.8. The molecule has 0 saturated heterocycles. The molecule has 0 radical (unpaired) electrons. The van der Waals surface area contributed by atoms with Crippen LogP contribution >= 0.6 is 11.6 Å². The van der Waals surface area contributed by atoms with Gasteiger partial charge in [0.25, 0.3) is 0 Å². The molecule has 1 aliphatic rings. The van der Waals surface area contributed by atoms with Crippen LogP contribution in [0.4, 0.5) is 0 Å². The molecule has 1 aliphatic carbocycles. The van der Waals surface area contributed by atoms with E-state index in [0.29, 0.717) is 10.9 Å². The third-order valence-corrected chi connectivity index (χ3v) is 3.87. The number of carbonyl (C=O) groups is 1. The van der Waals surface area contributed by atoms with Crippen molar-refractivity contribution in [3.8, 4) is 0 Å². The molecule has 2 rings (SSSR count). The zero-order valence-electron chi connectivity index (χ0n) is 9.79. The fourth-order valence-corrected chi connectivity index (χ4v) is 2.92. The highest BCUT2D eigenvalue weighted by atomic mass is 35.5. The van der Waals surface area contributed by atoms with Crippen LogP contribution in [-0.2, 0) is 0 Å². The standard InChI is InChI=1S/C14H17ClO2/c15-13-9-11(14(16)17)7-8-12(13)10-5-3-1-2-4-6-10/h7-10H,1-6H2,(H,16,17). The first-order chi connectivity index (χ1) is 8.18. The molecule has 0 bridgehead atoms. The van der Waals surface area contributed by atoms with E-state index in [4.69, 9.17) is 16.7 Å². The Kier molecular flexibility index (Phi) is 4.06. The molecule has 1 aromatic rings. The lowest BCUT2D eigenvalue weighted by molar-refractivity contribution is 0.0697. The Morgan fingerprint density at radius 2 is 1.82 bits per heavy atom. The molecule has 0 aromatic heterocycles. The van der Waals surface area contributed by atoms with Crippen molar-refractivity contribution >= 4 is 17.6 Å². The topological polar surface area (TPSA) is 37.3 Å². The van der Waals surface area contributed by atoms with Gasteiger partial charge in [0.1, 0.15) is 0 Å². The van der Waals surface area contributed by atoms with Crippen LogP contribution in [0.25, 0.3) is 0 Å². The van der Waals surface area contributed by atoms with Crippen molar-refractivity contribution in [1.82, 2.24) is 0 Å². The molecule has 1 saturated carbocycles. The van der Waals surface area contributed by atoms with Crippen LogP contribution in [-0.4, -0.2) is 11.1 Å². The van der Waals surface area contributed by atoms with E-state index in [-0.39, 0.29) is 5.56 Å². The number of carboxylic acids is 1. The molecular weight excluding hydrogens is 236 g/mol. The second-order valence-electron chi connectivity index (χ2n) is 4.73. The zero-order valence-corrected chi connectivity index (χ0v) is 10.5. The van der Waals surface area contributed by atoms with Gasteiger partial charge in [0.15, 0.2) is 0 Å². The Bertz CT molecular complexity index is 407. The highest BCUT2D eigenvalue weighted by molar-refractivity contribution is 6.31. The summed E-state index contributed by atoms with van der Waals surface area (Å²) in [5, 5.41) is 9.50. The predicted octanol–water partition coefficient (Wildman–Crippen LogP) is 4.48. The van der Waals surface area contributed by atoms with Crippen LogP contribution in [0.1, 0.15) is 60.4 Å². The molecular formula is C14H17ClO2. The first-order valence-corrected chi connectivity index (χ1v) is 6.59. The monoisotopic (exact) mass is 252 g/mol. The van der Waals surface area contributed by atoms with Crippen LogP contribution in [0.15, 0.2) is 18.2 Å². The number of halogens is 1. The van der Waals surface area contributed by atoms with Crippen LogP contribution in [0.5, 0.6) is 0 Å². The van der Waals surface area contributed by atoms with E-state index in [0.717, 1.165) is 5.56 Å². The lowest BCUT2D eigenvalue weighted by Gasteiger charge is -2.16. The molecule has 1 fully saturated rings. The van der Waals surface area contributed by atoms with Crippen LogP contribution < -0.4 is 0 Å². The fourth-order valence-electron chi connectivity index (χ4n) is 2.58. The lowest BCUT2D eigenvalue weighted by Crippen LogP contribution is -2.01. The molecule has 1 aromatic carbocycles. The molecule has 0 atom stereocenters. The normalized spacial score (nSPS) is 17.7. The van der Waals surface area contributed by atoms with Gasteiger partial charge in [-0.1, -0.05) is 43.4 Å². The van der Waals surface area contributed by atoms with Gasteiger partial charge in [-0.25, -0.2) is 4.79 Å². The van der Waals surface area contributed by atoms with Crippen molar-refractivity contribution in [2.24, 2.45) is 0 Å². The third-order valence-electron chi connectivity index (χ3n) is 3.54. The largest absolute Gasteiger partial charge is 0.478 e. The van der Waals surface area contributed by atoms with Gasteiger partial charge in [0, 0.05) is 5.02 Å². The Balaban J connectivity index is 2.22. The smallest absolute Gasteiger partial charge is 0.335 e. The molecule has 3 heteroatoms. The van der Waals surface area contributed by atoms with E-state index in [1.54, 1.807) is 12.1 Å². The SMILES string of the molecule is O=C(O)c1ccc(C2CCCCCC2)c(Cl)c1. The molecule has 17 heavy (non-hydrogen) atoms. The van der Waals surface area contributed by atoms with Gasteiger partial charge in [-0.2, -0.15) is 0 Å². The van der Waals surface area contributed by atoms with Gasteiger partial charge in [0.05, 0.1) is 5.56 Å². The molecule has 0 amide bonds. The minimum atomic E-state index is -0.917. The molecule has 2 nitrogen and oxygen atoms in total. The van der Waals surface area contributed by atoms with E-state index < -0.39 is 5.97 Å². The Morgan fingerprint density at radius 1 is 1.18 bits per heavy atom. The summed E-state index contributed by atoms with van der Waals surface area (Å²) in [6, 6.07) is 5.13. The van der Waals surface area contributed by atoms with Crippen molar-refractivity contribution in [2.45, 2.75) is 44.4 Å². The Hall–Kier alpha value is -1.02. The summed E-state index contributed by atoms with van der Waals surface area (Å²) < 4.78 is 0. The van der Waals surface area contributed by atoms with Crippen molar-refractivity contribution in [3.63, 3.8) is 0 Å². The van der Waals surface area contributed by atoms with Crippen molar-refractivity contribution in [3.05, 3.63) is 34.3 Å². The lowest BCUT2D eigenvalue weighted by atomic mass is 9.91.